The first-order valence-corrected chi connectivity index (χ1v) is 11.8. The fourth-order valence-corrected chi connectivity index (χ4v) is 3.70. The van der Waals surface area contributed by atoms with Crippen molar-refractivity contribution in [1.29, 1.82) is 5.26 Å². The molecule has 1 atom stereocenters. The van der Waals surface area contributed by atoms with E-state index < -0.39 is 0 Å². The normalized spacial score (nSPS) is 11.4. The van der Waals surface area contributed by atoms with Gasteiger partial charge in [0, 0.05) is 0 Å². The van der Waals surface area contributed by atoms with Crippen LogP contribution in [0, 0.1) is 10.7 Å². The predicted molar refractivity (Wildman–Crippen MR) is 118 cm³/mol. The van der Waals surface area contributed by atoms with Crippen molar-refractivity contribution in [2.24, 2.45) is 0 Å². The smallest absolute Gasteiger partial charge is 0.241 e. The van der Waals surface area contributed by atoms with Crippen molar-refractivity contribution in [3.05, 3.63) is 18.7 Å². The van der Waals surface area contributed by atoms with E-state index in [1.54, 1.807) is 0 Å². The van der Waals surface area contributed by atoms with E-state index in [9.17, 15) is 0 Å². The molecule has 0 amide bonds. The lowest BCUT2D eigenvalue weighted by atomic mass is 10.0. The Morgan fingerprint density at radius 2 is 1.30 bits per heavy atom. The third-order valence-corrected chi connectivity index (χ3v) is 5.25. The van der Waals surface area contributed by atoms with E-state index in [0.717, 1.165) is 0 Å². The van der Waals surface area contributed by atoms with E-state index in [4.69, 9.17) is 5.26 Å². The Morgan fingerprint density at radius 3 is 1.70 bits per heavy atom. The molecule has 0 aromatic carbocycles. The molecule has 0 aliphatic carbocycles. The zero-order valence-corrected chi connectivity index (χ0v) is 18.7. The summed E-state index contributed by atoms with van der Waals surface area (Å²) in [5.74, 6) is 0. The number of aromatic amines is 1. The number of nitrogens with zero attached hydrogens (tertiary/aromatic N) is 2. The Kier molecular flexibility index (Phi) is 20.4. The second kappa shape index (κ2) is 21.2. The highest BCUT2D eigenvalue weighted by molar-refractivity contribution is 7.64. The molecule has 1 heterocycles. The van der Waals surface area contributed by atoms with Crippen LogP contribution < -0.4 is 4.57 Å². The number of rotatable bonds is 17. The minimum Gasteiger partial charge on any atom is -0.696 e. The zero-order valence-electron chi connectivity index (χ0n) is 17.9. The first-order valence-electron chi connectivity index (χ1n) is 11.3. The molecular formula is C23H43N3S. The highest BCUT2D eigenvalue weighted by Gasteiger charge is 2.13. The van der Waals surface area contributed by atoms with Gasteiger partial charge in [-0.15, -0.1) is 0 Å². The molecule has 0 saturated carbocycles. The lowest BCUT2D eigenvalue weighted by molar-refractivity contribution is -0.723. The van der Waals surface area contributed by atoms with Crippen molar-refractivity contribution in [2.45, 2.75) is 123 Å². The van der Waals surface area contributed by atoms with Crippen molar-refractivity contribution in [1.82, 2.24) is 4.98 Å². The van der Waals surface area contributed by atoms with Crippen LogP contribution >= 0.6 is 0 Å². The summed E-state index contributed by atoms with van der Waals surface area (Å²) >= 11 is 3.70. The van der Waals surface area contributed by atoms with Crippen molar-refractivity contribution in [3.63, 3.8) is 0 Å². The highest BCUT2D eigenvalue weighted by Crippen LogP contribution is 2.17. The number of hydrogen-bond acceptors (Lipinski definition) is 2. The number of aromatic nitrogens is 2. The number of thiocyanates is 1. The second-order valence-electron chi connectivity index (χ2n) is 7.62. The van der Waals surface area contributed by atoms with Crippen LogP contribution in [0.2, 0.25) is 0 Å². The van der Waals surface area contributed by atoms with Crippen LogP contribution in [0.3, 0.4) is 0 Å². The molecule has 1 aromatic rings. The van der Waals surface area contributed by atoms with Crippen LogP contribution in [0.5, 0.6) is 0 Å². The maximum absolute atomic E-state index is 7.13. The molecule has 0 radical (unpaired) electrons. The van der Waals surface area contributed by atoms with Crippen molar-refractivity contribution in [3.8, 4) is 5.40 Å². The van der Waals surface area contributed by atoms with Gasteiger partial charge in [0.15, 0.2) is 0 Å². The van der Waals surface area contributed by atoms with E-state index in [1.165, 1.54) is 108 Å². The summed E-state index contributed by atoms with van der Waals surface area (Å²) in [5, 5.41) is 8.47. The second-order valence-corrected chi connectivity index (χ2v) is 7.81. The van der Waals surface area contributed by atoms with Crippen LogP contribution in [0.4, 0.5) is 0 Å². The number of imidazole rings is 1. The molecule has 156 valence electrons. The molecule has 0 aliphatic rings. The van der Waals surface area contributed by atoms with Gasteiger partial charge in [-0.25, -0.2) is 9.83 Å². The molecule has 27 heavy (non-hydrogen) atoms. The molecule has 1 rings (SSSR count). The highest BCUT2D eigenvalue weighted by atomic mass is 32.1. The topological polar surface area (TPSA) is 43.5 Å². The minimum absolute atomic E-state index is 0.703. The van der Waals surface area contributed by atoms with E-state index in [0.29, 0.717) is 6.04 Å². The molecule has 0 aliphatic heterocycles. The van der Waals surface area contributed by atoms with Crippen LogP contribution in [-0.2, 0) is 12.6 Å². The van der Waals surface area contributed by atoms with Crippen LogP contribution in [-0.4, -0.2) is 4.98 Å². The summed E-state index contributed by atoms with van der Waals surface area (Å²) in [7, 11) is 0. The molecular weight excluding hydrogens is 350 g/mol. The van der Waals surface area contributed by atoms with Gasteiger partial charge >= 0.3 is 0 Å². The van der Waals surface area contributed by atoms with Crippen LogP contribution in [0.15, 0.2) is 18.7 Å². The minimum atomic E-state index is 0.703. The standard InChI is InChI=1S/C22H42N2.CHNS/c1-3-5-6-7-8-9-10-11-12-13-14-15-16-18-22(17-4-2)24-20-19-23-21-24;2-1-3/h19-22H,3-18H2,1-2H3;3H. The molecule has 0 spiro atoms. The summed E-state index contributed by atoms with van der Waals surface area (Å²) < 4.78 is 2.37. The Bertz CT molecular complexity index is 425. The Labute approximate surface area is 174 Å². The predicted octanol–water partition coefficient (Wildman–Crippen LogP) is 7.14. The summed E-state index contributed by atoms with van der Waals surface area (Å²) in [4.78, 5) is 3.18. The van der Waals surface area contributed by atoms with Gasteiger partial charge in [-0.05, 0) is 19.3 Å². The van der Waals surface area contributed by atoms with Gasteiger partial charge in [0.25, 0.3) is 0 Å². The summed E-state index contributed by atoms with van der Waals surface area (Å²) in [6, 6.07) is 0.703. The molecule has 3 nitrogen and oxygen atoms in total. The third kappa shape index (κ3) is 16.8. The average Bonchev–Trinajstić information content (AvgIpc) is 3.20. The molecule has 1 unspecified atom stereocenters. The number of nitriles is 1. The van der Waals surface area contributed by atoms with E-state index in [2.05, 4.69) is 48.6 Å². The zero-order chi connectivity index (χ0) is 20.0. The number of hydrogen-bond donors (Lipinski definition) is 1. The Morgan fingerprint density at radius 1 is 0.815 bits per heavy atom. The van der Waals surface area contributed by atoms with Crippen molar-refractivity contribution < 1.29 is 4.57 Å². The molecule has 1 N–H and O–H groups in total. The number of H-pyrrole nitrogens is 1. The molecule has 0 bridgehead atoms. The van der Waals surface area contributed by atoms with Gasteiger partial charge in [0.05, 0.1) is 0 Å². The Hall–Kier alpha value is -1.08. The van der Waals surface area contributed by atoms with Gasteiger partial charge in [-0.3, -0.25) is 4.98 Å². The van der Waals surface area contributed by atoms with Crippen LogP contribution in [0.25, 0.3) is 0 Å². The maximum atomic E-state index is 7.13. The third-order valence-electron chi connectivity index (χ3n) is 5.25. The fraction of sp³-hybridized carbons (Fsp3) is 0.826. The van der Waals surface area contributed by atoms with Gasteiger partial charge in [0.1, 0.15) is 18.4 Å². The van der Waals surface area contributed by atoms with Gasteiger partial charge < -0.3 is 12.6 Å². The first kappa shape index (κ1) is 25.9. The average molecular weight is 394 g/mol. The number of unbranched alkanes of at least 4 members (excludes halogenated alkanes) is 12. The van der Waals surface area contributed by atoms with E-state index >= 15 is 0 Å². The van der Waals surface area contributed by atoms with E-state index in [1.807, 2.05) is 6.20 Å². The SMILES string of the molecule is CCCCCCCCCCCCCCCC(CCC)[n+]1cc[nH]c1.N#C[S-]. The molecule has 1 aromatic heterocycles. The quantitative estimate of drug-likeness (QED) is 0.132. The van der Waals surface area contributed by atoms with Crippen molar-refractivity contribution in [2.75, 3.05) is 0 Å². The summed E-state index contributed by atoms with van der Waals surface area (Å²) in [6.07, 6.45) is 29.0. The molecule has 0 fully saturated rings. The summed E-state index contributed by atoms with van der Waals surface area (Å²) in [6.45, 7) is 4.59. The lowest BCUT2D eigenvalue weighted by Gasteiger charge is -2.12. The summed E-state index contributed by atoms with van der Waals surface area (Å²) in [5.41, 5.74) is 0. The molecule has 4 heteroatoms. The fourth-order valence-electron chi connectivity index (χ4n) is 3.70. The molecule has 0 saturated heterocycles. The Balaban J connectivity index is 0.00000210. The van der Waals surface area contributed by atoms with E-state index in [-0.39, 0.29) is 0 Å². The van der Waals surface area contributed by atoms with Gasteiger partial charge in [-0.1, -0.05) is 103 Å². The number of nitrogens with one attached hydrogen (secondary N) is 1. The maximum Gasteiger partial charge on any atom is 0.241 e. The van der Waals surface area contributed by atoms with Crippen molar-refractivity contribution >= 4 is 12.6 Å². The largest absolute Gasteiger partial charge is 0.696 e. The van der Waals surface area contributed by atoms with Crippen LogP contribution in [0.1, 0.15) is 123 Å². The lowest BCUT2D eigenvalue weighted by Crippen LogP contribution is -2.36. The van der Waals surface area contributed by atoms with Gasteiger partial charge in [0.2, 0.25) is 6.33 Å². The van der Waals surface area contributed by atoms with Gasteiger partial charge in [-0.2, -0.15) is 0 Å². The first-order chi connectivity index (χ1) is 13.3. The monoisotopic (exact) mass is 393 g/mol.